The van der Waals surface area contributed by atoms with Crippen molar-refractivity contribution in [2.24, 2.45) is 0 Å². The number of benzene rings is 2. The Labute approximate surface area is 199 Å². The number of hydrogen-bond acceptors (Lipinski definition) is 2. The van der Waals surface area contributed by atoms with E-state index in [0.29, 0.717) is 6.54 Å². The number of rotatable bonds is 14. The van der Waals surface area contributed by atoms with Crippen molar-refractivity contribution in [2.75, 3.05) is 20.8 Å². The van der Waals surface area contributed by atoms with Gasteiger partial charge in [-0.05, 0) is 36.2 Å². The van der Waals surface area contributed by atoms with Crippen molar-refractivity contribution in [2.45, 2.75) is 84.1 Å². The van der Waals surface area contributed by atoms with Gasteiger partial charge in [-0.1, -0.05) is 70.4 Å². The van der Waals surface area contributed by atoms with Crippen LogP contribution >= 0.6 is 0 Å². The Morgan fingerprint density at radius 2 is 1.48 bits per heavy atom. The van der Waals surface area contributed by atoms with E-state index in [-0.39, 0.29) is 5.82 Å². The molecule has 1 aliphatic heterocycles. The average Bonchev–Trinajstić information content (AvgIpc) is 2.84. The van der Waals surface area contributed by atoms with Gasteiger partial charge >= 0.3 is 0 Å². The first-order valence-corrected chi connectivity index (χ1v) is 12.8. The molecule has 180 valence electrons. The molecule has 33 heavy (non-hydrogen) atoms. The summed E-state index contributed by atoms with van der Waals surface area (Å²) in [6.07, 6.45) is 13.7. The van der Waals surface area contributed by atoms with Gasteiger partial charge in [0.1, 0.15) is 12.4 Å². The van der Waals surface area contributed by atoms with E-state index in [2.05, 4.69) is 23.6 Å². The molecule has 0 aliphatic carbocycles. The topological polar surface area (TPSA) is 21.5 Å². The van der Waals surface area contributed by atoms with Crippen molar-refractivity contribution < 1.29 is 18.4 Å². The number of fused-ring (bicyclic) bond motifs is 1. The molecular formula is C29H41FNO2+. The molecule has 0 spiro atoms. The molecule has 0 radical (unpaired) electrons. The second-order valence-corrected chi connectivity index (χ2v) is 9.15. The normalized spacial score (nSPS) is 13.2. The highest BCUT2D eigenvalue weighted by Gasteiger charge is 2.28. The maximum Gasteiger partial charge on any atom is 0.184 e. The summed E-state index contributed by atoms with van der Waals surface area (Å²) in [5.41, 5.74) is 4.59. The summed E-state index contributed by atoms with van der Waals surface area (Å²) >= 11 is 0. The molecule has 0 N–H and O–H groups in total. The minimum Gasteiger partial charge on any atom is -0.493 e. The Bertz CT molecular complexity index is 922. The molecule has 0 amide bonds. The van der Waals surface area contributed by atoms with E-state index in [1.165, 1.54) is 68.2 Å². The lowest BCUT2D eigenvalue weighted by molar-refractivity contribution is -0.546. The molecule has 0 saturated heterocycles. The second kappa shape index (κ2) is 13.4. The summed E-state index contributed by atoms with van der Waals surface area (Å²) in [6.45, 7) is 3.76. The molecule has 4 heteroatoms. The zero-order valence-corrected chi connectivity index (χ0v) is 20.8. The number of ether oxygens (including phenoxy) is 2. The Balaban J connectivity index is 1.74. The number of unbranched alkanes of at least 4 members (excludes halogenated alkanes) is 8. The van der Waals surface area contributed by atoms with Crippen LogP contribution in [0.15, 0.2) is 36.4 Å². The third kappa shape index (κ3) is 7.06. The van der Waals surface area contributed by atoms with Gasteiger partial charge in [-0.3, -0.25) is 0 Å². The van der Waals surface area contributed by atoms with E-state index in [0.717, 1.165) is 42.9 Å². The van der Waals surface area contributed by atoms with Gasteiger partial charge in [-0.25, -0.2) is 8.97 Å². The summed E-state index contributed by atoms with van der Waals surface area (Å²) in [7, 11) is 3.37. The molecular weight excluding hydrogens is 413 g/mol. The lowest BCUT2D eigenvalue weighted by Crippen LogP contribution is -2.30. The molecule has 0 bridgehead atoms. The van der Waals surface area contributed by atoms with E-state index in [1.807, 2.05) is 12.1 Å². The predicted molar refractivity (Wildman–Crippen MR) is 134 cm³/mol. The van der Waals surface area contributed by atoms with Gasteiger partial charge in [0.25, 0.3) is 0 Å². The summed E-state index contributed by atoms with van der Waals surface area (Å²) in [5, 5.41) is 0. The molecule has 3 nitrogen and oxygen atoms in total. The van der Waals surface area contributed by atoms with Gasteiger partial charge in [0, 0.05) is 18.4 Å². The fraction of sp³-hybridized carbons (Fsp3) is 0.552. The number of methoxy groups -OCH3 is 2. The van der Waals surface area contributed by atoms with Crippen molar-refractivity contribution in [3.8, 4) is 11.5 Å². The molecule has 2 aromatic rings. The highest BCUT2D eigenvalue weighted by molar-refractivity contribution is 5.99. The molecule has 1 heterocycles. The molecule has 0 fully saturated rings. The summed E-state index contributed by atoms with van der Waals surface area (Å²) in [4.78, 5) is 0. The molecule has 1 aliphatic rings. The minimum absolute atomic E-state index is 0.127. The summed E-state index contributed by atoms with van der Waals surface area (Å²) < 4.78 is 27.9. The van der Waals surface area contributed by atoms with Crippen LogP contribution in [0.5, 0.6) is 11.5 Å². The molecule has 0 saturated carbocycles. The van der Waals surface area contributed by atoms with Crippen molar-refractivity contribution >= 4 is 5.71 Å². The van der Waals surface area contributed by atoms with Crippen LogP contribution in [-0.2, 0) is 13.0 Å². The third-order valence-electron chi connectivity index (χ3n) is 6.79. The quantitative estimate of drug-likeness (QED) is 0.220. The fourth-order valence-electron chi connectivity index (χ4n) is 4.86. The predicted octanol–water partition coefficient (Wildman–Crippen LogP) is 7.32. The first-order chi connectivity index (χ1) is 16.2. The van der Waals surface area contributed by atoms with E-state index in [1.54, 1.807) is 26.4 Å². The van der Waals surface area contributed by atoms with Crippen LogP contribution in [0.3, 0.4) is 0 Å². The summed E-state index contributed by atoms with van der Waals surface area (Å²) in [5.74, 6) is 1.41. The van der Waals surface area contributed by atoms with Crippen LogP contribution in [0, 0.1) is 5.82 Å². The van der Waals surface area contributed by atoms with E-state index in [4.69, 9.17) is 9.47 Å². The zero-order valence-electron chi connectivity index (χ0n) is 20.8. The van der Waals surface area contributed by atoms with Crippen molar-refractivity contribution in [1.82, 2.24) is 0 Å². The van der Waals surface area contributed by atoms with Crippen LogP contribution in [0.4, 0.5) is 4.39 Å². The lowest BCUT2D eigenvalue weighted by atomic mass is 9.92. The molecule has 2 aromatic carbocycles. The van der Waals surface area contributed by atoms with Gasteiger partial charge in [0.05, 0.1) is 19.8 Å². The van der Waals surface area contributed by atoms with Crippen LogP contribution in [0.25, 0.3) is 0 Å². The zero-order chi connectivity index (χ0) is 23.5. The van der Waals surface area contributed by atoms with Crippen molar-refractivity contribution in [1.29, 1.82) is 0 Å². The SMILES string of the molecule is CCCCCCCCCCCC1=[N+](Cc2ccccc2F)CCc2cc(OC)c(OC)cc21. The maximum absolute atomic E-state index is 14.4. The highest BCUT2D eigenvalue weighted by atomic mass is 19.1. The van der Waals surface area contributed by atoms with Crippen LogP contribution in [0.2, 0.25) is 0 Å². The monoisotopic (exact) mass is 454 g/mol. The molecule has 0 atom stereocenters. The van der Waals surface area contributed by atoms with Crippen LogP contribution in [0.1, 0.15) is 87.8 Å². The van der Waals surface area contributed by atoms with Gasteiger partial charge in [0.2, 0.25) is 0 Å². The third-order valence-corrected chi connectivity index (χ3v) is 6.79. The minimum atomic E-state index is -0.127. The average molecular weight is 455 g/mol. The van der Waals surface area contributed by atoms with E-state index in [9.17, 15) is 4.39 Å². The van der Waals surface area contributed by atoms with Crippen molar-refractivity contribution in [3.05, 3.63) is 58.9 Å². The number of hydrogen-bond donors (Lipinski definition) is 0. The van der Waals surface area contributed by atoms with Gasteiger partial charge < -0.3 is 9.47 Å². The van der Waals surface area contributed by atoms with Gasteiger partial charge in [-0.2, -0.15) is 0 Å². The summed E-state index contributed by atoms with van der Waals surface area (Å²) in [6, 6.07) is 11.4. The van der Waals surface area contributed by atoms with Crippen molar-refractivity contribution in [3.63, 3.8) is 0 Å². The Morgan fingerprint density at radius 1 is 0.848 bits per heavy atom. The Kier molecular flexibility index (Phi) is 10.2. The maximum atomic E-state index is 14.4. The van der Waals surface area contributed by atoms with E-state index < -0.39 is 0 Å². The van der Waals surface area contributed by atoms with Crippen LogP contribution in [-0.4, -0.2) is 31.1 Å². The first-order valence-electron chi connectivity index (χ1n) is 12.8. The Hall–Kier alpha value is -2.36. The van der Waals surface area contributed by atoms with Gasteiger partial charge in [-0.15, -0.1) is 0 Å². The van der Waals surface area contributed by atoms with Gasteiger partial charge in [0.15, 0.2) is 23.8 Å². The molecule has 3 rings (SSSR count). The Morgan fingerprint density at radius 3 is 2.15 bits per heavy atom. The highest BCUT2D eigenvalue weighted by Crippen LogP contribution is 2.33. The smallest absolute Gasteiger partial charge is 0.184 e. The first kappa shape index (κ1) is 25.3. The number of halogens is 1. The standard InChI is InChI=1S/C29H41FNO2/c1-4-5-6-7-8-9-10-11-12-17-27-25-21-29(33-3)28(32-2)20-23(25)18-19-31(27)22-24-15-13-14-16-26(24)30/h13-16,20-21H,4-12,17-19,22H2,1-3H3/q+1. The largest absolute Gasteiger partial charge is 0.493 e. The van der Waals surface area contributed by atoms with Crippen LogP contribution < -0.4 is 9.47 Å². The molecule has 0 aromatic heterocycles. The number of nitrogens with zero attached hydrogens (tertiary/aromatic N) is 1. The second-order valence-electron chi connectivity index (χ2n) is 9.15. The lowest BCUT2D eigenvalue weighted by Gasteiger charge is -2.21. The van der Waals surface area contributed by atoms with E-state index >= 15 is 0 Å². The molecule has 0 unspecified atom stereocenters. The fourth-order valence-corrected chi connectivity index (χ4v) is 4.86.